The summed E-state index contributed by atoms with van der Waals surface area (Å²) in [6.45, 7) is 5.58. The fraction of sp³-hybridized carbons (Fsp3) is 0.571. The highest BCUT2D eigenvalue weighted by atomic mass is 16.1. The quantitative estimate of drug-likeness (QED) is 0.425. The SMILES string of the molecule is CCN(C#CC(N)=O)CC. The minimum Gasteiger partial charge on any atom is -0.359 e. The van der Waals surface area contributed by atoms with Crippen LogP contribution in [0.25, 0.3) is 0 Å². The lowest BCUT2D eigenvalue weighted by molar-refractivity contribution is -0.112. The Morgan fingerprint density at radius 3 is 2.30 bits per heavy atom. The number of rotatable bonds is 2. The molecule has 0 aromatic carbocycles. The fourth-order valence-corrected chi connectivity index (χ4v) is 0.516. The Morgan fingerprint density at radius 1 is 1.50 bits per heavy atom. The summed E-state index contributed by atoms with van der Waals surface area (Å²) in [7, 11) is 0. The summed E-state index contributed by atoms with van der Waals surface area (Å²) in [5.41, 5.74) is 4.81. The minimum absolute atomic E-state index is 0.577. The van der Waals surface area contributed by atoms with Gasteiger partial charge in [-0.3, -0.25) is 4.79 Å². The molecule has 0 saturated carbocycles. The van der Waals surface area contributed by atoms with Crippen LogP contribution < -0.4 is 5.73 Å². The Morgan fingerprint density at radius 2 is 2.00 bits per heavy atom. The summed E-state index contributed by atoms with van der Waals surface area (Å²) in [5.74, 6) is 1.69. The van der Waals surface area contributed by atoms with E-state index in [-0.39, 0.29) is 0 Å². The normalized spacial score (nSPS) is 7.80. The van der Waals surface area contributed by atoms with Gasteiger partial charge in [0, 0.05) is 25.1 Å². The second kappa shape index (κ2) is 4.68. The molecule has 0 saturated heterocycles. The van der Waals surface area contributed by atoms with Gasteiger partial charge in [0.25, 0.3) is 5.91 Å². The van der Waals surface area contributed by atoms with Crippen LogP contribution in [0.3, 0.4) is 0 Å². The maximum Gasteiger partial charge on any atom is 0.295 e. The van der Waals surface area contributed by atoms with Crippen molar-refractivity contribution in [2.45, 2.75) is 13.8 Å². The van der Waals surface area contributed by atoms with Crippen LogP contribution in [0.4, 0.5) is 0 Å². The number of nitrogens with two attached hydrogens (primary N) is 1. The number of carbonyl (C=O) groups is 1. The number of nitrogens with zero attached hydrogens (tertiary/aromatic N) is 1. The number of carbonyl (C=O) groups excluding carboxylic acids is 1. The average Bonchev–Trinajstić information content (AvgIpc) is 1.90. The smallest absolute Gasteiger partial charge is 0.295 e. The third-order valence-corrected chi connectivity index (χ3v) is 1.10. The van der Waals surface area contributed by atoms with Crippen LogP contribution in [-0.2, 0) is 4.79 Å². The summed E-state index contributed by atoms with van der Waals surface area (Å²) >= 11 is 0. The molecule has 0 heterocycles. The van der Waals surface area contributed by atoms with Gasteiger partial charge in [0.05, 0.1) is 0 Å². The molecule has 0 aliphatic heterocycles. The first-order valence-electron chi connectivity index (χ1n) is 3.26. The van der Waals surface area contributed by atoms with Crippen molar-refractivity contribution < 1.29 is 4.79 Å². The van der Waals surface area contributed by atoms with Crippen molar-refractivity contribution in [1.82, 2.24) is 4.90 Å². The zero-order valence-corrected chi connectivity index (χ0v) is 6.35. The highest BCUT2D eigenvalue weighted by molar-refractivity contribution is 5.91. The van der Waals surface area contributed by atoms with Gasteiger partial charge in [-0.25, -0.2) is 0 Å². The van der Waals surface area contributed by atoms with Gasteiger partial charge >= 0.3 is 0 Å². The molecule has 0 unspecified atom stereocenters. The van der Waals surface area contributed by atoms with Gasteiger partial charge in [0.2, 0.25) is 0 Å². The second-order valence-electron chi connectivity index (χ2n) is 1.77. The van der Waals surface area contributed by atoms with Crippen molar-refractivity contribution in [3.8, 4) is 12.0 Å². The van der Waals surface area contributed by atoms with E-state index in [1.807, 2.05) is 18.7 Å². The summed E-state index contributed by atoms with van der Waals surface area (Å²) in [6.07, 6.45) is 0. The molecule has 1 amide bonds. The third kappa shape index (κ3) is 3.79. The highest BCUT2D eigenvalue weighted by Crippen LogP contribution is 1.80. The molecule has 0 atom stereocenters. The number of amides is 1. The predicted octanol–water partition coefficient (Wildman–Crippen LogP) is -0.226. The Kier molecular flexibility index (Phi) is 4.14. The molecule has 0 spiro atoms. The molecule has 56 valence electrons. The summed E-state index contributed by atoms with van der Waals surface area (Å²) in [4.78, 5) is 12.0. The lowest BCUT2D eigenvalue weighted by Gasteiger charge is -2.09. The standard InChI is InChI=1S/C7H12N2O/c1-3-9(4-2)6-5-7(8)10/h3-4H2,1-2H3,(H2,8,10). The zero-order valence-electron chi connectivity index (χ0n) is 6.35. The predicted molar refractivity (Wildman–Crippen MR) is 39.9 cm³/mol. The highest BCUT2D eigenvalue weighted by Gasteiger charge is 1.88. The Bertz CT molecular complexity index is 162. The van der Waals surface area contributed by atoms with E-state index in [1.54, 1.807) is 0 Å². The maximum atomic E-state index is 10.2. The molecule has 2 N–H and O–H groups in total. The first-order chi connectivity index (χ1) is 4.70. The topological polar surface area (TPSA) is 46.3 Å². The van der Waals surface area contributed by atoms with Crippen LogP contribution in [-0.4, -0.2) is 23.9 Å². The lowest BCUT2D eigenvalue weighted by Crippen LogP contribution is -2.17. The monoisotopic (exact) mass is 140 g/mol. The summed E-state index contributed by atoms with van der Waals surface area (Å²) in [6, 6.07) is 2.63. The number of primary amides is 1. The van der Waals surface area contributed by atoms with Crippen LogP contribution in [0.2, 0.25) is 0 Å². The fourth-order valence-electron chi connectivity index (χ4n) is 0.516. The van der Waals surface area contributed by atoms with E-state index in [4.69, 9.17) is 5.73 Å². The van der Waals surface area contributed by atoms with Gasteiger partial charge in [-0.1, -0.05) is 0 Å². The van der Waals surface area contributed by atoms with E-state index in [0.29, 0.717) is 0 Å². The maximum absolute atomic E-state index is 10.2. The first-order valence-corrected chi connectivity index (χ1v) is 3.26. The van der Waals surface area contributed by atoms with E-state index in [1.165, 1.54) is 0 Å². The van der Waals surface area contributed by atoms with E-state index in [9.17, 15) is 4.79 Å². The van der Waals surface area contributed by atoms with E-state index >= 15 is 0 Å². The molecule has 10 heavy (non-hydrogen) atoms. The molecule has 0 aromatic heterocycles. The van der Waals surface area contributed by atoms with Crippen molar-refractivity contribution in [3.63, 3.8) is 0 Å². The Balaban J connectivity index is 3.86. The van der Waals surface area contributed by atoms with Crippen LogP contribution in [0.5, 0.6) is 0 Å². The van der Waals surface area contributed by atoms with E-state index in [2.05, 4.69) is 12.0 Å². The van der Waals surface area contributed by atoms with Crippen molar-refractivity contribution in [2.24, 2.45) is 5.73 Å². The number of hydrogen-bond donors (Lipinski definition) is 1. The Hall–Kier alpha value is -1.17. The molecule has 0 aliphatic rings. The number of hydrogen-bond acceptors (Lipinski definition) is 2. The van der Waals surface area contributed by atoms with Crippen molar-refractivity contribution in [3.05, 3.63) is 0 Å². The van der Waals surface area contributed by atoms with E-state index in [0.717, 1.165) is 13.1 Å². The molecular formula is C7H12N2O. The molecule has 0 fully saturated rings. The van der Waals surface area contributed by atoms with Crippen LogP contribution in [0.15, 0.2) is 0 Å². The van der Waals surface area contributed by atoms with Gasteiger partial charge < -0.3 is 10.6 Å². The van der Waals surface area contributed by atoms with Crippen LogP contribution in [0.1, 0.15) is 13.8 Å². The minimum atomic E-state index is -0.577. The molecule has 0 rings (SSSR count). The molecule has 3 nitrogen and oxygen atoms in total. The zero-order chi connectivity index (χ0) is 7.98. The van der Waals surface area contributed by atoms with Gasteiger partial charge in [-0.05, 0) is 13.8 Å². The molecular weight excluding hydrogens is 128 g/mol. The van der Waals surface area contributed by atoms with Gasteiger partial charge in [0.15, 0.2) is 0 Å². The van der Waals surface area contributed by atoms with Gasteiger partial charge in [0.1, 0.15) is 0 Å². The van der Waals surface area contributed by atoms with Crippen molar-refractivity contribution in [2.75, 3.05) is 13.1 Å². The lowest BCUT2D eigenvalue weighted by atomic mass is 10.5. The van der Waals surface area contributed by atoms with E-state index < -0.39 is 5.91 Å². The van der Waals surface area contributed by atoms with Gasteiger partial charge in [-0.15, -0.1) is 0 Å². The van der Waals surface area contributed by atoms with Crippen LogP contribution >= 0.6 is 0 Å². The molecule has 3 heteroatoms. The second-order valence-corrected chi connectivity index (χ2v) is 1.77. The molecule has 0 aromatic rings. The molecule has 0 radical (unpaired) electrons. The van der Waals surface area contributed by atoms with Crippen molar-refractivity contribution in [1.29, 1.82) is 0 Å². The third-order valence-electron chi connectivity index (χ3n) is 1.10. The first kappa shape index (κ1) is 8.83. The van der Waals surface area contributed by atoms with Crippen molar-refractivity contribution >= 4 is 5.91 Å². The summed E-state index contributed by atoms with van der Waals surface area (Å²) < 4.78 is 0. The molecule has 0 bridgehead atoms. The summed E-state index contributed by atoms with van der Waals surface area (Å²) in [5, 5.41) is 0. The van der Waals surface area contributed by atoms with Crippen LogP contribution in [0, 0.1) is 12.0 Å². The largest absolute Gasteiger partial charge is 0.359 e. The Labute approximate surface area is 61.2 Å². The average molecular weight is 140 g/mol. The molecule has 0 aliphatic carbocycles. The van der Waals surface area contributed by atoms with Gasteiger partial charge in [-0.2, -0.15) is 0 Å².